The van der Waals surface area contributed by atoms with Crippen LogP contribution in [-0.2, 0) is 30.8 Å². The van der Waals surface area contributed by atoms with E-state index in [0.29, 0.717) is 30.5 Å². The smallest absolute Gasteiger partial charge is 0.270 e. The van der Waals surface area contributed by atoms with E-state index in [2.05, 4.69) is 38.2 Å². The summed E-state index contributed by atoms with van der Waals surface area (Å²) in [6.07, 6.45) is 7.21. The number of nitrogens with zero attached hydrogens (tertiary/aromatic N) is 5. The van der Waals surface area contributed by atoms with E-state index in [-0.39, 0.29) is 18.4 Å². The molecule has 0 bridgehead atoms. The maximum atomic E-state index is 12.8. The van der Waals surface area contributed by atoms with Crippen molar-refractivity contribution in [3.05, 3.63) is 71.0 Å². The second-order valence-corrected chi connectivity index (χ2v) is 11.0. The average Bonchev–Trinajstić information content (AvgIpc) is 3.50. The van der Waals surface area contributed by atoms with E-state index in [9.17, 15) is 14.7 Å². The van der Waals surface area contributed by atoms with Crippen molar-refractivity contribution < 1.29 is 23.8 Å². The van der Waals surface area contributed by atoms with Gasteiger partial charge in [0.25, 0.3) is 5.91 Å². The van der Waals surface area contributed by atoms with E-state index in [1.54, 1.807) is 19.2 Å². The van der Waals surface area contributed by atoms with Crippen LogP contribution in [0.2, 0.25) is 0 Å². The zero-order chi connectivity index (χ0) is 28.8. The number of oxazole rings is 1. The van der Waals surface area contributed by atoms with Crippen molar-refractivity contribution in [1.29, 1.82) is 0 Å². The molecular formula is C30H38N6O5. The van der Waals surface area contributed by atoms with Crippen LogP contribution in [0.4, 0.5) is 0 Å². The number of ether oxygens (including phenoxy) is 1. The van der Waals surface area contributed by atoms with Gasteiger partial charge < -0.3 is 24.5 Å². The number of β-amino-alcohol motifs (C(OH)–C–C–N with tert-alkyl or cyclic N) is 1. The molecule has 11 nitrogen and oxygen atoms in total. The minimum Gasteiger partial charge on any atom is -0.485 e. The maximum Gasteiger partial charge on any atom is 0.270 e. The Morgan fingerprint density at radius 1 is 1.22 bits per heavy atom. The number of benzene rings is 1. The van der Waals surface area contributed by atoms with Gasteiger partial charge in [-0.1, -0.05) is 6.07 Å². The van der Waals surface area contributed by atoms with Gasteiger partial charge in [0.05, 0.1) is 12.3 Å². The van der Waals surface area contributed by atoms with E-state index in [1.807, 2.05) is 11.0 Å². The Labute approximate surface area is 239 Å². The molecule has 218 valence electrons. The van der Waals surface area contributed by atoms with Crippen LogP contribution < -0.4 is 10.1 Å². The minimum absolute atomic E-state index is 0.117. The Morgan fingerprint density at radius 3 is 2.80 bits per heavy atom. The molecule has 0 radical (unpaired) electrons. The molecule has 3 aromatic rings. The molecule has 2 aliphatic rings. The highest BCUT2D eigenvalue weighted by Crippen LogP contribution is 2.30. The number of nitrogens with one attached hydrogen (secondary N) is 1. The highest BCUT2D eigenvalue weighted by atomic mass is 16.5. The fraction of sp³-hybridized carbons (Fsp3) is 0.500. The molecule has 2 aromatic heterocycles. The SMILES string of the molecule is CC(=O)N1CCC(Cc2cc(C(=O)NC[C@H](O)CN3CCc4c(ccc(OCc5cnco5)c4C)C3)ncn2)CC1. The number of likely N-dealkylation sites (tertiary alicyclic amines) is 1. The van der Waals surface area contributed by atoms with Gasteiger partial charge in [0, 0.05) is 51.9 Å². The Kier molecular flexibility index (Phi) is 9.25. The molecule has 2 N–H and O–H groups in total. The summed E-state index contributed by atoms with van der Waals surface area (Å²) in [6, 6.07) is 5.79. The van der Waals surface area contributed by atoms with Gasteiger partial charge in [-0.15, -0.1) is 0 Å². The lowest BCUT2D eigenvalue weighted by Crippen LogP contribution is -2.42. The number of rotatable bonds is 10. The summed E-state index contributed by atoms with van der Waals surface area (Å²) < 4.78 is 11.2. The third kappa shape index (κ3) is 7.47. The number of hydrogen-bond acceptors (Lipinski definition) is 9. The molecule has 0 spiro atoms. The first-order valence-corrected chi connectivity index (χ1v) is 14.2. The highest BCUT2D eigenvalue weighted by Gasteiger charge is 2.24. The van der Waals surface area contributed by atoms with Gasteiger partial charge in [0.1, 0.15) is 24.4 Å². The molecule has 2 amide bonds. The molecule has 11 heteroatoms. The zero-order valence-electron chi connectivity index (χ0n) is 23.7. The van der Waals surface area contributed by atoms with Gasteiger partial charge in [-0.2, -0.15) is 0 Å². The average molecular weight is 563 g/mol. The first kappa shape index (κ1) is 28.7. The number of fused-ring (bicyclic) bond motifs is 1. The predicted octanol–water partition coefficient (Wildman–Crippen LogP) is 2.30. The minimum atomic E-state index is -0.709. The van der Waals surface area contributed by atoms with Gasteiger partial charge in [-0.25, -0.2) is 15.0 Å². The zero-order valence-corrected chi connectivity index (χ0v) is 23.7. The van der Waals surface area contributed by atoms with Gasteiger partial charge in [-0.05, 0) is 67.3 Å². The highest BCUT2D eigenvalue weighted by molar-refractivity contribution is 5.92. The number of amides is 2. The molecule has 4 heterocycles. The lowest BCUT2D eigenvalue weighted by Gasteiger charge is -2.31. The van der Waals surface area contributed by atoms with Crippen molar-refractivity contribution in [2.75, 3.05) is 32.7 Å². The monoisotopic (exact) mass is 562 g/mol. The van der Waals surface area contributed by atoms with E-state index < -0.39 is 6.10 Å². The summed E-state index contributed by atoms with van der Waals surface area (Å²) in [4.78, 5) is 40.8. The van der Waals surface area contributed by atoms with Gasteiger partial charge >= 0.3 is 0 Å². The van der Waals surface area contributed by atoms with Crippen molar-refractivity contribution in [2.24, 2.45) is 5.92 Å². The van der Waals surface area contributed by atoms with Crippen LogP contribution in [0.15, 0.2) is 41.5 Å². The molecule has 1 fully saturated rings. The molecule has 0 aliphatic carbocycles. The Bertz CT molecular complexity index is 1340. The van der Waals surface area contributed by atoms with Gasteiger partial charge in [0.2, 0.25) is 5.91 Å². The maximum absolute atomic E-state index is 12.8. The van der Waals surface area contributed by atoms with Crippen molar-refractivity contribution in [3.8, 4) is 5.75 Å². The van der Waals surface area contributed by atoms with Crippen LogP contribution in [0.25, 0.3) is 0 Å². The predicted molar refractivity (Wildman–Crippen MR) is 150 cm³/mol. The summed E-state index contributed by atoms with van der Waals surface area (Å²) in [5.74, 6) is 1.73. The van der Waals surface area contributed by atoms with Gasteiger partial charge in [-0.3, -0.25) is 14.5 Å². The Hall–Kier alpha value is -3.83. The molecular weight excluding hydrogens is 524 g/mol. The van der Waals surface area contributed by atoms with Crippen molar-refractivity contribution >= 4 is 11.8 Å². The van der Waals surface area contributed by atoms with Crippen molar-refractivity contribution in [2.45, 2.75) is 58.8 Å². The normalized spacial score (nSPS) is 16.7. The van der Waals surface area contributed by atoms with E-state index >= 15 is 0 Å². The van der Waals surface area contributed by atoms with Crippen LogP contribution in [0.3, 0.4) is 0 Å². The summed E-state index contributed by atoms with van der Waals surface area (Å²) >= 11 is 0. The molecule has 1 aromatic carbocycles. The lowest BCUT2D eigenvalue weighted by atomic mass is 9.92. The van der Waals surface area contributed by atoms with Gasteiger partial charge in [0.15, 0.2) is 12.2 Å². The number of carbonyl (C=O) groups is 2. The number of aromatic nitrogens is 3. The second kappa shape index (κ2) is 13.2. The van der Waals surface area contributed by atoms with Crippen molar-refractivity contribution in [3.63, 3.8) is 0 Å². The van der Waals surface area contributed by atoms with Crippen LogP contribution in [0, 0.1) is 12.8 Å². The molecule has 2 aliphatic heterocycles. The van der Waals surface area contributed by atoms with Crippen LogP contribution in [0.1, 0.15) is 58.4 Å². The first-order chi connectivity index (χ1) is 19.9. The molecule has 1 atom stereocenters. The molecule has 0 unspecified atom stereocenters. The largest absolute Gasteiger partial charge is 0.485 e. The third-order valence-corrected chi connectivity index (χ3v) is 8.05. The quantitative estimate of drug-likeness (QED) is 0.382. The topological polar surface area (TPSA) is 134 Å². The van der Waals surface area contributed by atoms with Crippen LogP contribution in [0.5, 0.6) is 5.75 Å². The number of carbonyl (C=O) groups excluding carboxylic acids is 2. The molecule has 41 heavy (non-hydrogen) atoms. The standard InChI is InChI=1S/C30H38N6O5/c1-20-27-7-8-35(15-23(27)3-4-29(20)40-17-26-14-31-19-41-26)16-25(38)13-32-30(39)28-12-24(33-18-34-28)11-22-5-9-36(10-6-22)21(2)37/h3-4,12,14,18-19,22,25,38H,5-11,13,15-17H2,1-2H3,(H,32,39)/t25-/m0/s1. The number of piperidine rings is 1. The lowest BCUT2D eigenvalue weighted by molar-refractivity contribution is -0.130. The number of hydrogen-bond donors (Lipinski definition) is 2. The summed E-state index contributed by atoms with van der Waals surface area (Å²) in [7, 11) is 0. The van der Waals surface area contributed by atoms with Crippen LogP contribution in [-0.4, -0.2) is 80.5 Å². The first-order valence-electron chi connectivity index (χ1n) is 14.2. The number of aliphatic hydroxyl groups excluding tert-OH is 1. The van der Waals surface area contributed by atoms with Crippen molar-refractivity contribution in [1.82, 2.24) is 30.1 Å². The summed E-state index contributed by atoms with van der Waals surface area (Å²) in [5, 5.41) is 13.5. The fourth-order valence-electron chi connectivity index (χ4n) is 5.70. The number of aliphatic hydroxyl groups is 1. The third-order valence-electron chi connectivity index (χ3n) is 8.05. The summed E-state index contributed by atoms with van der Waals surface area (Å²) in [6.45, 7) is 7.67. The Balaban J connectivity index is 1.07. The van der Waals surface area contributed by atoms with Crippen LogP contribution >= 0.6 is 0 Å². The fourth-order valence-corrected chi connectivity index (χ4v) is 5.70. The molecule has 5 rings (SSSR count). The molecule has 0 saturated carbocycles. The second-order valence-electron chi connectivity index (χ2n) is 11.0. The van der Waals surface area contributed by atoms with E-state index in [4.69, 9.17) is 9.15 Å². The molecule has 1 saturated heterocycles. The van der Waals surface area contributed by atoms with E-state index in [1.165, 1.54) is 23.8 Å². The summed E-state index contributed by atoms with van der Waals surface area (Å²) in [5.41, 5.74) is 4.74. The Morgan fingerprint density at radius 2 is 2.05 bits per heavy atom. The van der Waals surface area contributed by atoms with E-state index in [0.717, 1.165) is 68.9 Å².